The highest BCUT2D eigenvalue weighted by molar-refractivity contribution is 6.18. The first-order valence-electron chi connectivity index (χ1n) is 8.56. The third kappa shape index (κ3) is 4.20. The van der Waals surface area contributed by atoms with Crippen LogP contribution in [0.5, 0.6) is 0 Å². The molecule has 6 nitrogen and oxygen atoms in total. The first kappa shape index (κ1) is 17.5. The second-order valence-electron chi connectivity index (χ2n) is 6.97. The molecule has 3 rings (SSSR count). The van der Waals surface area contributed by atoms with Crippen molar-refractivity contribution in [2.45, 2.75) is 26.1 Å². The van der Waals surface area contributed by atoms with Gasteiger partial charge in [0.15, 0.2) is 0 Å². The van der Waals surface area contributed by atoms with Crippen molar-refractivity contribution in [3.63, 3.8) is 0 Å². The largest absolute Gasteiger partial charge is 0.419 e. The lowest BCUT2D eigenvalue weighted by Gasteiger charge is -2.29. The molecule has 0 aliphatic carbocycles. The number of nitrogens with zero attached hydrogens (tertiary/aromatic N) is 2. The van der Waals surface area contributed by atoms with Crippen molar-refractivity contribution < 1.29 is 19.1 Å². The van der Waals surface area contributed by atoms with E-state index in [9.17, 15) is 9.59 Å². The molecule has 0 aromatic heterocycles. The van der Waals surface area contributed by atoms with E-state index in [1.54, 1.807) is 0 Å². The Hall–Kier alpha value is -2.34. The molecule has 2 aliphatic rings. The molecule has 0 spiro atoms. The monoisotopic (exact) mass is 344 g/mol. The Labute approximate surface area is 148 Å². The summed E-state index contributed by atoms with van der Waals surface area (Å²) in [5.41, 5.74) is 1.83. The van der Waals surface area contributed by atoms with E-state index in [-0.39, 0.29) is 5.57 Å². The molecule has 0 radical (unpaired) electrons. The lowest BCUT2D eigenvalue weighted by atomic mass is 10.1. The van der Waals surface area contributed by atoms with Crippen LogP contribution in [0.15, 0.2) is 29.8 Å². The summed E-state index contributed by atoms with van der Waals surface area (Å²) in [6.07, 6.45) is 2.65. The third-order valence-electron chi connectivity index (χ3n) is 4.41. The molecular weight excluding hydrogens is 320 g/mol. The van der Waals surface area contributed by atoms with Gasteiger partial charge in [-0.15, -0.1) is 0 Å². The average molecular weight is 344 g/mol. The van der Waals surface area contributed by atoms with Gasteiger partial charge in [0.2, 0.25) is 0 Å². The Morgan fingerprint density at radius 2 is 1.60 bits per heavy atom. The van der Waals surface area contributed by atoms with Crippen LogP contribution in [-0.2, 0) is 19.1 Å². The number of esters is 2. The first-order chi connectivity index (χ1) is 11.8. The summed E-state index contributed by atoms with van der Waals surface area (Å²) < 4.78 is 10.2. The predicted octanol–water partition coefficient (Wildman–Crippen LogP) is 2.05. The van der Waals surface area contributed by atoms with Crippen molar-refractivity contribution in [3.8, 4) is 0 Å². The smallest absolute Gasteiger partial charge is 0.348 e. The highest BCUT2D eigenvalue weighted by atomic mass is 16.7. The topological polar surface area (TPSA) is 59.1 Å². The summed E-state index contributed by atoms with van der Waals surface area (Å²) in [6, 6.07) is 7.83. The molecule has 0 N–H and O–H groups in total. The van der Waals surface area contributed by atoms with Crippen molar-refractivity contribution in [1.82, 2.24) is 4.90 Å². The number of rotatable bonds is 2. The van der Waals surface area contributed by atoms with Gasteiger partial charge < -0.3 is 19.3 Å². The van der Waals surface area contributed by atoms with Crippen LogP contribution < -0.4 is 4.90 Å². The molecule has 2 saturated heterocycles. The van der Waals surface area contributed by atoms with Crippen molar-refractivity contribution in [2.24, 2.45) is 0 Å². The number of cyclic esters (lactones) is 2. The maximum Gasteiger partial charge on any atom is 0.348 e. The zero-order chi connectivity index (χ0) is 18.0. The van der Waals surface area contributed by atoms with Crippen LogP contribution >= 0.6 is 0 Å². The summed E-state index contributed by atoms with van der Waals surface area (Å²) in [5.74, 6) is -2.52. The molecule has 2 aliphatic heterocycles. The fourth-order valence-electron chi connectivity index (χ4n) is 3.03. The molecule has 2 heterocycles. The van der Waals surface area contributed by atoms with E-state index in [1.165, 1.54) is 19.9 Å². The van der Waals surface area contributed by atoms with E-state index >= 15 is 0 Å². The molecule has 0 atom stereocenters. The Balaban J connectivity index is 1.74. The number of benzene rings is 1. The van der Waals surface area contributed by atoms with E-state index in [0.717, 1.165) is 43.9 Å². The molecule has 0 amide bonds. The number of carbonyl (C=O) groups excluding carboxylic acids is 2. The van der Waals surface area contributed by atoms with Gasteiger partial charge in [0.25, 0.3) is 5.79 Å². The lowest BCUT2D eigenvalue weighted by Crippen LogP contribution is -2.41. The normalized spacial score (nSPS) is 21.4. The number of hydrogen-bond acceptors (Lipinski definition) is 6. The number of ether oxygens (including phenoxy) is 2. The van der Waals surface area contributed by atoms with Crippen LogP contribution in [-0.4, -0.2) is 55.9 Å². The van der Waals surface area contributed by atoms with Crippen LogP contribution in [0.25, 0.3) is 6.08 Å². The number of hydrogen-bond donors (Lipinski definition) is 0. The SMILES string of the molecule is CN1CCCN(c2ccc(C=C3C(=O)OC(C)(C)OC3=O)cc2)CC1. The van der Waals surface area contributed by atoms with E-state index in [0.29, 0.717) is 0 Å². The molecule has 6 heteroatoms. The Morgan fingerprint density at radius 3 is 2.24 bits per heavy atom. The Bertz CT molecular complexity index is 672. The van der Waals surface area contributed by atoms with Gasteiger partial charge in [-0.05, 0) is 43.8 Å². The van der Waals surface area contributed by atoms with Crippen LogP contribution in [0.4, 0.5) is 5.69 Å². The van der Waals surface area contributed by atoms with Gasteiger partial charge >= 0.3 is 11.9 Å². The Morgan fingerprint density at radius 1 is 0.960 bits per heavy atom. The van der Waals surface area contributed by atoms with Crippen LogP contribution in [0, 0.1) is 0 Å². The van der Waals surface area contributed by atoms with Gasteiger partial charge in [-0.3, -0.25) is 0 Å². The molecule has 2 fully saturated rings. The molecule has 1 aromatic carbocycles. The second kappa shape index (κ2) is 6.88. The lowest BCUT2D eigenvalue weighted by molar-refractivity contribution is -0.222. The van der Waals surface area contributed by atoms with Gasteiger partial charge in [0.05, 0.1) is 0 Å². The minimum atomic E-state index is -1.21. The number of carbonyl (C=O) groups is 2. The van der Waals surface area contributed by atoms with Crippen molar-refractivity contribution in [3.05, 3.63) is 35.4 Å². The zero-order valence-corrected chi connectivity index (χ0v) is 14.9. The summed E-state index contributed by atoms with van der Waals surface area (Å²) >= 11 is 0. The fraction of sp³-hybridized carbons (Fsp3) is 0.474. The van der Waals surface area contributed by atoms with Crippen molar-refractivity contribution in [2.75, 3.05) is 38.1 Å². The van der Waals surface area contributed by atoms with Gasteiger partial charge in [-0.25, -0.2) is 9.59 Å². The minimum Gasteiger partial charge on any atom is -0.419 e. The molecule has 25 heavy (non-hydrogen) atoms. The van der Waals surface area contributed by atoms with Crippen LogP contribution in [0.3, 0.4) is 0 Å². The third-order valence-corrected chi connectivity index (χ3v) is 4.41. The Kier molecular flexibility index (Phi) is 4.81. The summed E-state index contributed by atoms with van der Waals surface area (Å²) in [6.45, 7) is 7.24. The van der Waals surface area contributed by atoms with E-state index in [1.807, 2.05) is 24.3 Å². The number of likely N-dealkylation sites (N-methyl/N-ethyl adjacent to an activating group) is 1. The quantitative estimate of drug-likeness (QED) is 0.465. The summed E-state index contributed by atoms with van der Waals surface area (Å²) in [4.78, 5) is 28.7. The fourth-order valence-corrected chi connectivity index (χ4v) is 3.03. The average Bonchev–Trinajstić information content (AvgIpc) is 2.75. The predicted molar refractivity (Wildman–Crippen MR) is 95.0 cm³/mol. The minimum absolute atomic E-state index is 0.0801. The summed E-state index contributed by atoms with van der Waals surface area (Å²) in [5, 5.41) is 0. The zero-order valence-electron chi connectivity index (χ0n) is 14.9. The van der Waals surface area contributed by atoms with E-state index < -0.39 is 17.7 Å². The molecular formula is C19H24N2O4. The first-order valence-corrected chi connectivity index (χ1v) is 8.56. The van der Waals surface area contributed by atoms with Crippen LogP contribution in [0.2, 0.25) is 0 Å². The van der Waals surface area contributed by atoms with Gasteiger partial charge in [-0.1, -0.05) is 12.1 Å². The van der Waals surface area contributed by atoms with Gasteiger partial charge in [0, 0.05) is 39.2 Å². The molecule has 1 aromatic rings. The van der Waals surface area contributed by atoms with E-state index in [4.69, 9.17) is 9.47 Å². The van der Waals surface area contributed by atoms with Crippen molar-refractivity contribution >= 4 is 23.7 Å². The summed E-state index contributed by atoms with van der Waals surface area (Å²) in [7, 11) is 2.14. The highest BCUT2D eigenvalue weighted by Crippen LogP contribution is 2.25. The molecule has 134 valence electrons. The maximum atomic E-state index is 12.0. The number of anilines is 1. The van der Waals surface area contributed by atoms with Crippen molar-refractivity contribution in [1.29, 1.82) is 0 Å². The van der Waals surface area contributed by atoms with Crippen LogP contribution in [0.1, 0.15) is 25.8 Å². The van der Waals surface area contributed by atoms with Gasteiger partial charge in [0.1, 0.15) is 5.57 Å². The maximum absolute atomic E-state index is 12.0. The highest BCUT2D eigenvalue weighted by Gasteiger charge is 2.38. The van der Waals surface area contributed by atoms with Gasteiger partial charge in [-0.2, -0.15) is 0 Å². The molecule has 0 saturated carbocycles. The standard InChI is InChI=1S/C19H24N2O4/c1-19(2)24-17(22)16(18(23)25-19)13-14-5-7-15(8-6-14)21-10-4-9-20(3)11-12-21/h5-8,13H,4,9-12H2,1-3H3. The second-order valence-corrected chi connectivity index (χ2v) is 6.97. The van der Waals surface area contributed by atoms with E-state index in [2.05, 4.69) is 16.8 Å². The molecule has 0 bridgehead atoms. The molecule has 0 unspecified atom stereocenters.